The third-order valence-corrected chi connectivity index (χ3v) is 4.81. The number of phenols is 1. The molecule has 0 amide bonds. The van der Waals surface area contributed by atoms with Crippen LogP contribution in [0, 0.1) is 11.7 Å². The summed E-state index contributed by atoms with van der Waals surface area (Å²) in [4.78, 5) is 3.23. The molecular weight excluding hydrogens is 332 g/mol. The molecule has 0 aliphatic rings. The summed E-state index contributed by atoms with van der Waals surface area (Å²) in [7, 11) is 0. The summed E-state index contributed by atoms with van der Waals surface area (Å²) in [6.07, 6.45) is 2.66. The zero-order valence-electron chi connectivity index (χ0n) is 14.0. The molecule has 5 nitrogen and oxygen atoms in total. The normalized spacial score (nSPS) is 11.3. The maximum Gasteiger partial charge on any atom is 0.200 e. The highest BCUT2D eigenvalue weighted by Gasteiger charge is 2.16. The number of fused-ring (bicyclic) bond motifs is 1. The minimum atomic E-state index is 0.317. The van der Waals surface area contributed by atoms with Crippen molar-refractivity contribution in [1.82, 2.24) is 19.7 Å². The Morgan fingerprint density at radius 2 is 2.08 bits per heavy atom. The smallest absolute Gasteiger partial charge is 0.200 e. The molecule has 0 spiro atoms. The Bertz CT molecular complexity index is 1140. The van der Waals surface area contributed by atoms with E-state index in [1.54, 1.807) is 6.07 Å². The largest absolute Gasteiger partial charge is 0.508 e. The van der Waals surface area contributed by atoms with E-state index in [9.17, 15) is 5.11 Å². The van der Waals surface area contributed by atoms with Crippen molar-refractivity contribution in [2.75, 3.05) is 0 Å². The zero-order valence-corrected chi connectivity index (χ0v) is 14.8. The summed E-state index contributed by atoms with van der Waals surface area (Å²) in [6, 6.07) is 11.9. The fourth-order valence-corrected chi connectivity index (χ4v) is 3.46. The van der Waals surface area contributed by atoms with Crippen molar-refractivity contribution in [2.45, 2.75) is 20.3 Å². The van der Waals surface area contributed by atoms with Crippen LogP contribution >= 0.6 is 12.2 Å². The molecule has 0 unspecified atom stereocenters. The number of nitrogens with zero attached hydrogens (tertiary/aromatic N) is 2. The van der Waals surface area contributed by atoms with Crippen molar-refractivity contribution >= 4 is 23.1 Å². The van der Waals surface area contributed by atoms with Crippen LogP contribution in [0.25, 0.3) is 28.0 Å². The molecule has 4 rings (SSSR count). The lowest BCUT2D eigenvalue weighted by molar-refractivity contribution is 0.468. The van der Waals surface area contributed by atoms with Crippen LogP contribution in [0.15, 0.2) is 42.6 Å². The van der Waals surface area contributed by atoms with Crippen molar-refractivity contribution < 1.29 is 5.11 Å². The first-order chi connectivity index (χ1) is 12.1. The molecule has 0 saturated heterocycles. The van der Waals surface area contributed by atoms with Crippen LogP contribution in [0.1, 0.15) is 18.1 Å². The summed E-state index contributed by atoms with van der Waals surface area (Å²) in [6.45, 7) is 3.99. The number of nitrogens with one attached hydrogen (secondary N) is 2. The molecule has 2 aromatic heterocycles. The molecule has 0 aliphatic heterocycles. The number of aromatic amines is 2. The number of hydrogen-bond donors (Lipinski definition) is 3. The Morgan fingerprint density at radius 3 is 2.88 bits per heavy atom. The Morgan fingerprint density at radius 1 is 1.24 bits per heavy atom. The molecular formula is C19H18N4OS. The molecule has 0 aliphatic carbocycles. The monoisotopic (exact) mass is 350 g/mol. The van der Waals surface area contributed by atoms with Crippen LogP contribution in [0.4, 0.5) is 0 Å². The number of phenolic OH excluding ortho intramolecular Hbond substituents is 1. The maximum atomic E-state index is 10.1. The lowest BCUT2D eigenvalue weighted by Gasteiger charge is -2.12. The Kier molecular flexibility index (Phi) is 3.69. The number of H-pyrrole nitrogens is 2. The van der Waals surface area contributed by atoms with Crippen LogP contribution in [0.3, 0.4) is 0 Å². The Balaban J connectivity index is 2.02. The second kappa shape index (κ2) is 5.89. The van der Waals surface area contributed by atoms with E-state index < -0.39 is 0 Å². The van der Waals surface area contributed by atoms with Gasteiger partial charge < -0.3 is 10.1 Å². The number of rotatable bonds is 3. The molecule has 0 atom stereocenters. The lowest BCUT2D eigenvalue weighted by Crippen LogP contribution is -2.00. The van der Waals surface area contributed by atoms with E-state index in [0.717, 1.165) is 45.5 Å². The predicted octanol–water partition coefficient (Wildman–Crippen LogP) is 4.65. The molecule has 126 valence electrons. The third-order valence-electron chi connectivity index (χ3n) is 4.53. The zero-order chi connectivity index (χ0) is 17.6. The molecule has 2 aromatic carbocycles. The van der Waals surface area contributed by atoms with Gasteiger partial charge in [-0.1, -0.05) is 13.0 Å². The van der Waals surface area contributed by atoms with Gasteiger partial charge in [0.05, 0.1) is 5.69 Å². The van der Waals surface area contributed by atoms with Crippen molar-refractivity contribution in [1.29, 1.82) is 0 Å². The first-order valence-electron chi connectivity index (χ1n) is 8.17. The van der Waals surface area contributed by atoms with E-state index in [1.807, 2.05) is 54.9 Å². The van der Waals surface area contributed by atoms with Crippen molar-refractivity contribution in [3.8, 4) is 22.8 Å². The molecule has 6 heteroatoms. The van der Waals surface area contributed by atoms with E-state index in [-0.39, 0.29) is 0 Å². The fourth-order valence-electron chi connectivity index (χ4n) is 3.23. The maximum absolute atomic E-state index is 10.1. The number of benzene rings is 2. The van der Waals surface area contributed by atoms with Crippen molar-refractivity contribution in [2.24, 2.45) is 0 Å². The number of aromatic nitrogens is 4. The van der Waals surface area contributed by atoms with Gasteiger partial charge in [0.25, 0.3) is 0 Å². The Hall–Kier alpha value is -2.86. The quantitative estimate of drug-likeness (QED) is 0.471. The van der Waals surface area contributed by atoms with E-state index in [0.29, 0.717) is 10.5 Å². The van der Waals surface area contributed by atoms with Crippen LogP contribution in [-0.2, 0) is 6.42 Å². The minimum Gasteiger partial charge on any atom is -0.508 e. The second-order valence-electron chi connectivity index (χ2n) is 6.05. The summed E-state index contributed by atoms with van der Waals surface area (Å²) in [5.41, 5.74) is 4.81. The van der Waals surface area contributed by atoms with Gasteiger partial charge in [-0.05, 0) is 67.0 Å². The van der Waals surface area contributed by atoms with E-state index in [1.165, 1.54) is 0 Å². The molecule has 4 aromatic rings. The number of aromatic hydroxyl groups is 1. The summed E-state index contributed by atoms with van der Waals surface area (Å²) >= 11 is 5.51. The van der Waals surface area contributed by atoms with E-state index in [2.05, 4.69) is 15.2 Å². The van der Waals surface area contributed by atoms with Crippen LogP contribution < -0.4 is 0 Å². The van der Waals surface area contributed by atoms with Crippen molar-refractivity contribution in [3.05, 3.63) is 58.5 Å². The van der Waals surface area contributed by atoms with E-state index in [4.69, 9.17) is 12.2 Å². The highest BCUT2D eigenvalue weighted by Crippen LogP contribution is 2.32. The minimum absolute atomic E-state index is 0.317. The molecule has 2 heterocycles. The van der Waals surface area contributed by atoms with Crippen molar-refractivity contribution in [3.63, 3.8) is 0 Å². The van der Waals surface area contributed by atoms with Crippen LogP contribution in [0.5, 0.6) is 5.75 Å². The molecule has 0 fully saturated rings. The third kappa shape index (κ3) is 2.46. The van der Waals surface area contributed by atoms with Gasteiger partial charge in [-0.15, -0.1) is 0 Å². The number of hydrogen-bond acceptors (Lipinski definition) is 3. The predicted molar refractivity (Wildman–Crippen MR) is 102 cm³/mol. The molecule has 0 radical (unpaired) electrons. The highest BCUT2D eigenvalue weighted by molar-refractivity contribution is 7.71. The fraction of sp³-hybridized carbons (Fsp3) is 0.158. The van der Waals surface area contributed by atoms with Gasteiger partial charge >= 0.3 is 0 Å². The average molecular weight is 350 g/mol. The molecule has 25 heavy (non-hydrogen) atoms. The first-order valence-corrected chi connectivity index (χ1v) is 8.57. The average Bonchev–Trinajstić information content (AvgIpc) is 3.21. The van der Waals surface area contributed by atoms with E-state index >= 15 is 0 Å². The van der Waals surface area contributed by atoms with Crippen LogP contribution in [0.2, 0.25) is 0 Å². The van der Waals surface area contributed by atoms with Gasteiger partial charge in [-0.2, -0.15) is 5.10 Å². The molecule has 0 bridgehead atoms. The molecule has 3 N–H and O–H groups in total. The molecule has 0 saturated carbocycles. The van der Waals surface area contributed by atoms with Gasteiger partial charge in [-0.25, -0.2) is 0 Å². The highest BCUT2D eigenvalue weighted by atomic mass is 32.1. The first kappa shape index (κ1) is 15.7. The second-order valence-corrected chi connectivity index (χ2v) is 6.44. The van der Waals surface area contributed by atoms with Gasteiger partial charge in [0.15, 0.2) is 10.6 Å². The Labute approximate surface area is 150 Å². The van der Waals surface area contributed by atoms with Gasteiger partial charge in [0.1, 0.15) is 5.75 Å². The summed E-state index contributed by atoms with van der Waals surface area (Å²) in [5, 5.41) is 18.6. The lowest BCUT2D eigenvalue weighted by atomic mass is 10.0. The SMILES string of the molecule is CCc1cc(-c2n[nH]c(=S)n2-c2cccc3[nH]ccc23)c(C)cc1O. The summed E-state index contributed by atoms with van der Waals surface area (Å²) < 4.78 is 2.49. The van der Waals surface area contributed by atoms with Crippen LogP contribution in [-0.4, -0.2) is 24.9 Å². The number of aryl methyl sites for hydroxylation is 2. The standard InChI is InChI=1S/C19H18N4OS/c1-3-12-10-14(11(2)9-17(12)24)18-21-22-19(25)23(18)16-6-4-5-15-13(16)7-8-20-15/h4-10,20,24H,3H2,1-2H3,(H,22,25). The summed E-state index contributed by atoms with van der Waals surface area (Å²) in [5.74, 6) is 1.06. The van der Waals surface area contributed by atoms with Gasteiger partial charge in [-0.3, -0.25) is 9.67 Å². The topological polar surface area (TPSA) is 69.6 Å². The van der Waals surface area contributed by atoms with Gasteiger partial charge in [0, 0.05) is 22.7 Å². The van der Waals surface area contributed by atoms with Gasteiger partial charge in [0.2, 0.25) is 0 Å².